The average molecular weight is 550 g/mol. The Morgan fingerprint density at radius 1 is 0.512 bits per heavy atom. The second kappa shape index (κ2) is 9.33. The third-order valence-corrected chi connectivity index (χ3v) is 8.35. The summed E-state index contributed by atoms with van der Waals surface area (Å²) < 4.78 is 6.54. The number of nitrogens with zero attached hydrogens (tertiary/aromatic N) is 3. The molecule has 0 aliphatic rings. The van der Waals surface area contributed by atoms with Crippen LogP contribution in [0.3, 0.4) is 0 Å². The lowest BCUT2D eigenvalue weighted by molar-refractivity contribution is 0.673. The van der Waals surface area contributed by atoms with Crippen LogP contribution in [0.4, 0.5) is 0 Å². The Hall–Kier alpha value is -5.87. The fourth-order valence-corrected chi connectivity index (χ4v) is 6.29. The van der Waals surface area contributed by atoms with Crippen LogP contribution in [0.5, 0.6) is 0 Å². The van der Waals surface area contributed by atoms with Gasteiger partial charge in [-0.3, -0.25) is 9.97 Å². The molecule has 9 rings (SSSR count). The first-order valence-corrected chi connectivity index (χ1v) is 14.4. The van der Waals surface area contributed by atoms with Crippen molar-refractivity contribution in [2.45, 2.75) is 0 Å². The molecule has 0 unspecified atom stereocenters. The summed E-state index contributed by atoms with van der Waals surface area (Å²) in [5, 5.41) is 5.25. The van der Waals surface area contributed by atoms with Gasteiger partial charge in [0.05, 0.1) is 22.1 Å². The lowest BCUT2D eigenvalue weighted by Gasteiger charge is -2.12. The van der Waals surface area contributed by atoms with E-state index in [2.05, 4.69) is 108 Å². The highest BCUT2D eigenvalue weighted by Crippen LogP contribution is 2.41. The highest BCUT2D eigenvalue weighted by atomic mass is 16.3. The van der Waals surface area contributed by atoms with Gasteiger partial charge in [0, 0.05) is 50.6 Å². The van der Waals surface area contributed by atoms with Crippen molar-refractivity contribution >= 4 is 54.6 Å². The van der Waals surface area contributed by atoms with Gasteiger partial charge in [0.25, 0.3) is 0 Å². The highest BCUT2D eigenvalue weighted by Gasteiger charge is 2.19. The van der Waals surface area contributed by atoms with Crippen LogP contribution in [0.25, 0.3) is 88.2 Å². The van der Waals surface area contributed by atoms with E-state index in [0.717, 1.165) is 77.0 Å². The minimum absolute atomic E-state index is 0.813. The van der Waals surface area contributed by atoms with Gasteiger partial charge in [-0.05, 0) is 35.4 Å². The summed E-state index contributed by atoms with van der Waals surface area (Å²) in [6, 6.07) is 44.0. The predicted octanol–water partition coefficient (Wildman–Crippen LogP) is 10.2. The third kappa shape index (κ3) is 3.74. The van der Waals surface area contributed by atoms with Crippen LogP contribution in [0.1, 0.15) is 0 Å². The minimum atomic E-state index is 0.813. The molecular formula is C39H23N3O. The standard InChI is InChI=1S/C39H23N3O/c1-2-8-24(9-3-1)25-15-17-27(18-16-25)37-32-20-19-31-30-12-4-5-14-34(30)43-39(31)35(32)38-33(42-37)22-28(23-41-38)29-13-6-10-26-11-7-21-40-36(26)29/h1-23H. The summed E-state index contributed by atoms with van der Waals surface area (Å²) in [5.74, 6) is 0. The molecule has 0 spiro atoms. The molecule has 5 aromatic carbocycles. The zero-order valence-electron chi connectivity index (χ0n) is 23.0. The fourth-order valence-electron chi connectivity index (χ4n) is 6.29. The van der Waals surface area contributed by atoms with E-state index in [-0.39, 0.29) is 0 Å². The third-order valence-electron chi connectivity index (χ3n) is 8.35. The van der Waals surface area contributed by atoms with Crippen LogP contribution >= 0.6 is 0 Å². The number of rotatable bonds is 3. The van der Waals surface area contributed by atoms with E-state index in [1.54, 1.807) is 0 Å². The highest BCUT2D eigenvalue weighted by molar-refractivity contribution is 6.24. The Morgan fingerprint density at radius 2 is 1.28 bits per heavy atom. The smallest absolute Gasteiger partial charge is 0.145 e. The normalized spacial score (nSPS) is 11.7. The first-order valence-electron chi connectivity index (χ1n) is 14.4. The molecule has 0 aliphatic carbocycles. The molecule has 43 heavy (non-hydrogen) atoms. The Bertz CT molecular complexity index is 2490. The number of pyridine rings is 3. The summed E-state index contributed by atoms with van der Waals surface area (Å²) in [6.07, 6.45) is 3.77. The maximum atomic E-state index is 6.54. The van der Waals surface area contributed by atoms with Crippen molar-refractivity contribution < 1.29 is 4.42 Å². The molecule has 0 amide bonds. The molecule has 0 N–H and O–H groups in total. The molecule has 0 atom stereocenters. The lowest BCUT2D eigenvalue weighted by Crippen LogP contribution is -1.94. The van der Waals surface area contributed by atoms with Gasteiger partial charge in [-0.2, -0.15) is 0 Å². The van der Waals surface area contributed by atoms with Crippen LogP contribution in [-0.2, 0) is 0 Å². The number of aromatic nitrogens is 3. The van der Waals surface area contributed by atoms with Crippen LogP contribution in [-0.4, -0.2) is 15.0 Å². The average Bonchev–Trinajstić information content (AvgIpc) is 3.47. The molecule has 0 fully saturated rings. The van der Waals surface area contributed by atoms with E-state index in [1.165, 1.54) is 11.1 Å². The molecule has 4 nitrogen and oxygen atoms in total. The van der Waals surface area contributed by atoms with E-state index >= 15 is 0 Å². The van der Waals surface area contributed by atoms with E-state index in [1.807, 2.05) is 36.7 Å². The molecule has 4 aromatic heterocycles. The van der Waals surface area contributed by atoms with Crippen molar-refractivity contribution in [2.24, 2.45) is 0 Å². The van der Waals surface area contributed by atoms with Gasteiger partial charge < -0.3 is 4.42 Å². The van der Waals surface area contributed by atoms with Crippen LogP contribution in [0.15, 0.2) is 144 Å². The minimum Gasteiger partial charge on any atom is -0.455 e. The Morgan fingerprint density at radius 3 is 2.19 bits per heavy atom. The van der Waals surface area contributed by atoms with Crippen molar-refractivity contribution in [1.82, 2.24) is 15.0 Å². The summed E-state index contributed by atoms with van der Waals surface area (Å²) in [6.45, 7) is 0. The summed E-state index contributed by atoms with van der Waals surface area (Å²) in [7, 11) is 0. The maximum Gasteiger partial charge on any atom is 0.145 e. The van der Waals surface area contributed by atoms with Crippen molar-refractivity contribution in [2.75, 3.05) is 0 Å². The number of furan rings is 1. The topological polar surface area (TPSA) is 51.8 Å². The number of fused-ring (bicyclic) bond motifs is 8. The monoisotopic (exact) mass is 549 g/mol. The zero-order valence-corrected chi connectivity index (χ0v) is 23.0. The van der Waals surface area contributed by atoms with Crippen LogP contribution in [0.2, 0.25) is 0 Å². The lowest BCUT2D eigenvalue weighted by atomic mass is 9.97. The van der Waals surface area contributed by atoms with Gasteiger partial charge >= 0.3 is 0 Å². The molecular weight excluding hydrogens is 526 g/mol. The maximum absolute atomic E-state index is 6.54. The first kappa shape index (κ1) is 23.8. The molecule has 4 heterocycles. The molecule has 200 valence electrons. The van der Waals surface area contributed by atoms with Gasteiger partial charge in [0.15, 0.2) is 0 Å². The number of benzene rings is 5. The zero-order chi connectivity index (χ0) is 28.3. The van der Waals surface area contributed by atoms with Crippen molar-refractivity contribution in [3.63, 3.8) is 0 Å². The molecule has 0 radical (unpaired) electrons. The molecule has 4 heteroatoms. The molecule has 0 bridgehead atoms. The van der Waals surface area contributed by atoms with Gasteiger partial charge in [-0.1, -0.05) is 103 Å². The summed E-state index contributed by atoms with van der Waals surface area (Å²) in [4.78, 5) is 15.0. The van der Waals surface area contributed by atoms with Gasteiger partial charge in [0.1, 0.15) is 16.7 Å². The number of para-hydroxylation sites is 2. The van der Waals surface area contributed by atoms with E-state index in [0.29, 0.717) is 0 Å². The summed E-state index contributed by atoms with van der Waals surface area (Å²) in [5.41, 5.74) is 10.6. The SMILES string of the molecule is c1ccc(-c2ccc(-c3nc4cc(-c5cccc6cccnc56)cnc4c4c3ccc3c5ccccc5oc34)cc2)cc1. The van der Waals surface area contributed by atoms with Gasteiger partial charge in [-0.25, -0.2) is 4.98 Å². The Labute approximate surface area is 246 Å². The predicted molar refractivity (Wildman–Crippen MR) is 176 cm³/mol. The Kier molecular flexibility index (Phi) is 5.16. The van der Waals surface area contributed by atoms with Crippen molar-refractivity contribution in [1.29, 1.82) is 0 Å². The quantitative estimate of drug-likeness (QED) is 0.206. The van der Waals surface area contributed by atoms with E-state index in [4.69, 9.17) is 14.4 Å². The molecule has 0 saturated carbocycles. The van der Waals surface area contributed by atoms with Crippen molar-refractivity contribution in [3.8, 4) is 33.5 Å². The molecule has 0 aliphatic heterocycles. The molecule has 0 saturated heterocycles. The largest absolute Gasteiger partial charge is 0.455 e. The van der Waals surface area contributed by atoms with Gasteiger partial charge in [-0.15, -0.1) is 0 Å². The van der Waals surface area contributed by atoms with Crippen molar-refractivity contribution in [3.05, 3.63) is 140 Å². The number of hydrogen-bond acceptors (Lipinski definition) is 4. The second-order valence-corrected chi connectivity index (χ2v) is 10.8. The first-order chi connectivity index (χ1) is 21.3. The Balaban J connectivity index is 1.34. The van der Waals surface area contributed by atoms with Crippen LogP contribution < -0.4 is 0 Å². The van der Waals surface area contributed by atoms with E-state index in [9.17, 15) is 0 Å². The fraction of sp³-hybridized carbons (Fsp3) is 0. The van der Waals surface area contributed by atoms with Crippen LogP contribution in [0, 0.1) is 0 Å². The second-order valence-electron chi connectivity index (χ2n) is 10.8. The van der Waals surface area contributed by atoms with E-state index < -0.39 is 0 Å². The number of hydrogen-bond donors (Lipinski definition) is 0. The molecule has 9 aromatic rings. The summed E-state index contributed by atoms with van der Waals surface area (Å²) >= 11 is 0. The van der Waals surface area contributed by atoms with Gasteiger partial charge in [0.2, 0.25) is 0 Å².